The molecular weight excluding hydrogens is 298 g/mol. The standard InChI is InChI=1S/C16H21N3O4/c17-16(21)13-5-8-23-14-4-2-1-3-12(14)19(13)11-15(20)18-6-9-22-10-7-18/h1-4,13H,5-11H2,(H2,17,21). The maximum Gasteiger partial charge on any atom is 0.242 e. The second-order valence-corrected chi connectivity index (χ2v) is 5.64. The first-order valence-corrected chi connectivity index (χ1v) is 7.80. The Balaban J connectivity index is 1.85. The van der Waals surface area contributed by atoms with Crippen molar-refractivity contribution in [2.45, 2.75) is 12.5 Å². The first-order chi connectivity index (χ1) is 11.2. The Morgan fingerprint density at radius 1 is 1.17 bits per heavy atom. The fourth-order valence-electron chi connectivity index (χ4n) is 2.97. The minimum absolute atomic E-state index is 0.0312. The number of nitrogens with zero attached hydrogens (tertiary/aromatic N) is 2. The maximum absolute atomic E-state index is 12.6. The van der Waals surface area contributed by atoms with E-state index in [1.165, 1.54) is 0 Å². The highest BCUT2D eigenvalue weighted by Crippen LogP contribution is 2.32. The highest BCUT2D eigenvalue weighted by molar-refractivity contribution is 5.89. The van der Waals surface area contributed by atoms with E-state index in [9.17, 15) is 9.59 Å². The van der Waals surface area contributed by atoms with Crippen LogP contribution in [0.25, 0.3) is 0 Å². The third-order valence-corrected chi connectivity index (χ3v) is 4.20. The predicted molar refractivity (Wildman–Crippen MR) is 84.3 cm³/mol. The van der Waals surface area contributed by atoms with Gasteiger partial charge in [0.1, 0.15) is 11.8 Å². The number of benzene rings is 1. The normalized spacial score (nSPS) is 21.1. The van der Waals surface area contributed by atoms with Crippen LogP contribution in [0, 0.1) is 0 Å². The Morgan fingerprint density at radius 2 is 1.91 bits per heavy atom. The zero-order valence-electron chi connectivity index (χ0n) is 12.9. The fourth-order valence-corrected chi connectivity index (χ4v) is 2.97. The molecule has 2 aliphatic rings. The molecule has 0 bridgehead atoms. The molecule has 2 aliphatic heterocycles. The zero-order chi connectivity index (χ0) is 16.2. The smallest absolute Gasteiger partial charge is 0.242 e. The van der Waals surface area contributed by atoms with Crippen molar-refractivity contribution < 1.29 is 19.1 Å². The van der Waals surface area contributed by atoms with Crippen molar-refractivity contribution in [2.24, 2.45) is 5.73 Å². The number of primary amides is 1. The van der Waals surface area contributed by atoms with Gasteiger partial charge < -0.3 is 25.0 Å². The van der Waals surface area contributed by atoms with Gasteiger partial charge in [0.05, 0.1) is 32.1 Å². The summed E-state index contributed by atoms with van der Waals surface area (Å²) in [4.78, 5) is 28.0. The second-order valence-electron chi connectivity index (χ2n) is 5.64. The van der Waals surface area contributed by atoms with E-state index >= 15 is 0 Å². The average Bonchev–Trinajstić information content (AvgIpc) is 2.75. The molecular formula is C16H21N3O4. The average molecular weight is 319 g/mol. The van der Waals surface area contributed by atoms with Crippen molar-refractivity contribution in [3.8, 4) is 5.75 Å². The molecule has 1 saturated heterocycles. The lowest BCUT2D eigenvalue weighted by Crippen LogP contribution is -2.51. The Kier molecular flexibility index (Phi) is 4.66. The lowest BCUT2D eigenvalue weighted by molar-refractivity contribution is -0.133. The molecule has 0 spiro atoms. The lowest BCUT2D eigenvalue weighted by atomic mass is 10.1. The van der Waals surface area contributed by atoms with Crippen LogP contribution in [0.15, 0.2) is 24.3 Å². The van der Waals surface area contributed by atoms with Crippen molar-refractivity contribution in [3.63, 3.8) is 0 Å². The summed E-state index contributed by atoms with van der Waals surface area (Å²) in [6, 6.07) is 6.86. The third-order valence-electron chi connectivity index (χ3n) is 4.20. The molecule has 124 valence electrons. The summed E-state index contributed by atoms with van der Waals surface area (Å²) in [6.45, 7) is 2.74. The van der Waals surface area contributed by atoms with Gasteiger partial charge in [0.2, 0.25) is 11.8 Å². The van der Waals surface area contributed by atoms with Gasteiger partial charge in [-0.15, -0.1) is 0 Å². The van der Waals surface area contributed by atoms with Crippen molar-refractivity contribution in [2.75, 3.05) is 44.4 Å². The summed E-state index contributed by atoms with van der Waals surface area (Å²) >= 11 is 0. The number of hydrogen-bond donors (Lipinski definition) is 1. The Labute approximate surface area is 134 Å². The number of carbonyl (C=O) groups is 2. The van der Waals surface area contributed by atoms with Gasteiger partial charge in [0.15, 0.2) is 0 Å². The van der Waals surface area contributed by atoms with Crippen molar-refractivity contribution >= 4 is 17.5 Å². The van der Waals surface area contributed by atoms with Crippen LogP contribution in [0.5, 0.6) is 5.75 Å². The van der Waals surface area contributed by atoms with Crippen LogP contribution in [-0.2, 0) is 14.3 Å². The highest BCUT2D eigenvalue weighted by atomic mass is 16.5. The molecule has 3 rings (SSSR count). The quantitative estimate of drug-likeness (QED) is 0.847. The Bertz CT molecular complexity index is 586. The van der Waals surface area contributed by atoms with Gasteiger partial charge in [0.25, 0.3) is 0 Å². The molecule has 1 aromatic rings. The Hall–Kier alpha value is -2.28. The van der Waals surface area contributed by atoms with Crippen LogP contribution in [0.2, 0.25) is 0 Å². The number of fused-ring (bicyclic) bond motifs is 1. The summed E-state index contributed by atoms with van der Waals surface area (Å²) in [5, 5.41) is 0. The molecule has 1 fully saturated rings. The third kappa shape index (κ3) is 3.39. The van der Waals surface area contributed by atoms with Gasteiger partial charge in [0, 0.05) is 19.5 Å². The molecule has 0 radical (unpaired) electrons. The van der Waals surface area contributed by atoms with Gasteiger partial charge in [-0.2, -0.15) is 0 Å². The van der Waals surface area contributed by atoms with Gasteiger partial charge in [-0.1, -0.05) is 12.1 Å². The summed E-state index contributed by atoms with van der Waals surface area (Å²) < 4.78 is 11.0. The van der Waals surface area contributed by atoms with Crippen LogP contribution < -0.4 is 15.4 Å². The van der Waals surface area contributed by atoms with Crippen molar-refractivity contribution in [3.05, 3.63) is 24.3 Å². The number of nitrogens with two attached hydrogens (primary N) is 1. The molecule has 23 heavy (non-hydrogen) atoms. The number of rotatable bonds is 3. The van der Waals surface area contributed by atoms with Crippen LogP contribution >= 0.6 is 0 Å². The van der Waals surface area contributed by atoms with Gasteiger partial charge in [-0.05, 0) is 12.1 Å². The number of ether oxygens (including phenoxy) is 2. The zero-order valence-corrected chi connectivity index (χ0v) is 12.9. The number of morpholine rings is 1. The predicted octanol–water partition coefficient (Wildman–Crippen LogP) is -0.0118. The highest BCUT2D eigenvalue weighted by Gasteiger charge is 2.32. The summed E-state index contributed by atoms with van der Waals surface area (Å²) in [6.07, 6.45) is 0.459. The van der Waals surface area contributed by atoms with Crippen LogP contribution in [0.4, 0.5) is 5.69 Å². The van der Waals surface area contributed by atoms with E-state index in [-0.39, 0.29) is 12.5 Å². The first-order valence-electron chi connectivity index (χ1n) is 7.80. The fraction of sp³-hybridized carbons (Fsp3) is 0.500. The molecule has 7 heteroatoms. The molecule has 2 N–H and O–H groups in total. The molecule has 0 aliphatic carbocycles. The molecule has 1 unspecified atom stereocenters. The van der Waals surface area contributed by atoms with Gasteiger partial charge in [-0.25, -0.2) is 0 Å². The molecule has 2 heterocycles. The van der Waals surface area contributed by atoms with Gasteiger partial charge >= 0.3 is 0 Å². The van der Waals surface area contributed by atoms with E-state index in [2.05, 4.69) is 0 Å². The summed E-state index contributed by atoms with van der Waals surface area (Å²) in [5.74, 6) is 0.197. The van der Waals surface area contributed by atoms with E-state index in [1.807, 2.05) is 24.3 Å². The van der Waals surface area contributed by atoms with E-state index in [0.717, 1.165) is 5.69 Å². The number of anilines is 1. The molecule has 2 amide bonds. The topological polar surface area (TPSA) is 85.1 Å². The largest absolute Gasteiger partial charge is 0.491 e. The minimum Gasteiger partial charge on any atom is -0.491 e. The maximum atomic E-state index is 12.6. The van der Waals surface area contributed by atoms with E-state index in [4.69, 9.17) is 15.2 Å². The minimum atomic E-state index is -0.552. The molecule has 7 nitrogen and oxygen atoms in total. The van der Waals surface area contributed by atoms with E-state index in [0.29, 0.717) is 45.1 Å². The van der Waals surface area contributed by atoms with Crippen molar-refractivity contribution in [1.82, 2.24) is 4.90 Å². The lowest BCUT2D eigenvalue weighted by Gasteiger charge is -2.33. The second kappa shape index (κ2) is 6.87. The van der Waals surface area contributed by atoms with Crippen molar-refractivity contribution in [1.29, 1.82) is 0 Å². The molecule has 1 atom stereocenters. The number of para-hydroxylation sites is 2. The molecule has 1 aromatic carbocycles. The van der Waals surface area contributed by atoms with E-state index < -0.39 is 11.9 Å². The summed E-state index contributed by atoms with van der Waals surface area (Å²) in [5.41, 5.74) is 6.29. The molecule has 0 aromatic heterocycles. The number of hydrogen-bond acceptors (Lipinski definition) is 5. The van der Waals surface area contributed by atoms with Crippen LogP contribution in [0.1, 0.15) is 6.42 Å². The van der Waals surface area contributed by atoms with E-state index in [1.54, 1.807) is 9.80 Å². The van der Waals surface area contributed by atoms with Crippen LogP contribution in [-0.4, -0.2) is 62.2 Å². The molecule has 0 saturated carbocycles. The first kappa shape index (κ1) is 15.6. The monoisotopic (exact) mass is 319 g/mol. The Morgan fingerprint density at radius 3 is 2.65 bits per heavy atom. The number of carbonyl (C=O) groups excluding carboxylic acids is 2. The summed E-state index contributed by atoms with van der Waals surface area (Å²) in [7, 11) is 0. The van der Waals surface area contributed by atoms with Crippen LogP contribution in [0.3, 0.4) is 0 Å². The SMILES string of the molecule is NC(=O)C1CCOc2ccccc2N1CC(=O)N1CCOCC1. The number of amides is 2. The van der Waals surface area contributed by atoms with Gasteiger partial charge in [-0.3, -0.25) is 9.59 Å².